The van der Waals surface area contributed by atoms with E-state index in [1.807, 2.05) is 6.92 Å². The lowest BCUT2D eigenvalue weighted by atomic mass is 10.0. The zero-order valence-corrected chi connectivity index (χ0v) is 9.03. The van der Waals surface area contributed by atoms with Crippen molar-refractivity contribution in [2.75, 3.05) is 11.9 Å². The first kappa shape index (κ1) is 11.0. The minimum absolute atomic E-state index is 0.107. The van der Waals surface area contributed by atoms with E-state index in [1.54, 1.807) is 0 Å². The van der Waals surface area contributed by atoms with Gasteiger partial charge in [0.25, 0.3) is 0 Å². The zero-order chi connectivity index (χ0) is 11.5. The van der Waals surface area contributed by atoms with Crippen LogP contribution in [-0.4, -0.2) is 23.5 Å². The van der Waals surface area contributed by atoms with Crippen LogP contribution in [0.3, 0.4) is 0 Å². The number of anilines is 1. The Hall–Kier alpha value is -1.49. The molecule has 2 heterocycles. The van der Waals surface area contributed by atoms with Gasteiger partial charge in [-0.2, -0.15) is 0 Å². The fourth-order valence-electron chi connectivity index (χ4n) is 1.84. The third-order valence-corrected chi connectivity index (χ3v) is 2.79. The van der Waals surface area contributed by atoms with Crippen LogP contribution >= 0.6 is 0 Å². The van der Waals surface area contributed by atoms with Crippen LogP contribution in [0.2, 0.25) is 0 Å². The van der Waals surface area contributed by atoms with Gasteiger partial charge in [-0.05, 0) is 31.0 Å². The molecule has 16 heavy (non-hydrogen) atoms. The smallest absolute Gasteiger partial charge is 0.242 e. The highest BCUT2D eigenvalue weighted by Gasteiger charge is 2.29. The summed E-state index contributed by atoms with van der Waals surface area (Å²) < 4.78 is 12.6. The number of rotatable bonds is 2. The Labute approximate surface area is 93.3 Å². The normalized spacial score (nSPS) is 24.4. The number of carbonyl (C=O) groups is 1. The predicted octanol–water partition coefficient (Wildman–Crippen LogP) is 1.16. The molecule has 0 aliphatic carbocycles. The fourth-order valence-corrected chi connectivity index (χ4v) is 1.84. The van der Waals surface area contributed by atoms with Crippen LogP contribution in [0, 0.1) is 11.7 Å². The standard InChI is InChI=1S/C11H14FN3O/c1-7-4-5-13-10(7)11(16)15-9-3-2-8(12)6-14-9/h2-3,6-7,10,13H,4-5H2,1H3,(H,14,15,16). The third-order valence-electron chi connectivity index (χ3n) is 2.79. The van der Waals surface area contributed by atoms with Gasteiger partial charge in [0.05, 0.1) is 12.2 Å². The van der Waals surface area contributed by atoms with Gasteiger partial charge in [0.2, 0.25) is 5.91 Å². The summed E-state index contributed by atoms with van der Waals surface area (Å²) >= 11 is 0. The summed E-state index contributed by atoms with van der Waals surface area (Å²) in [5.74, 6) is 0.183. The molecule has 5 heteroatoms. The number of hydrogen-bond donors (Lipinski definition) is 2. The Kier molecular flexibility index (Phi) is 3.14. The quantitative estimate of drug-likeness (QED) is 0.791. The first-order chi connectivity index (χ1) is 7.66. The van der Waals surface area contributed by atoms with Gasteiger partial charge in [0, 0.05) is 0 Å². The molecule has 2 N–H and O–H groups in total. The van der Waals surface area contributed by atoms with E-state index in [2.05, 4.69) is 15.6 Å². The number of nitrogens with zero attached hydrogens (tertiary/aromatic N) is 1. The monoisotopic (exact) mass is 223 g/mol. The van der Waals surface area contributed by atoms with E-state index < -0.39 is 5.82 Å². The lowest BCUT2D eigenvalue weighted by molar-refractivity contribution is -0.118. The number of carbonyl (C=O) groups excluding carboxylic acids is 1. The summed E-state index contributed by atoms with van der Waals surface area (Å²) in [6, 6.07) is 2.55. The fraction of sp³-hybridized carbons (Fsp3) is 0.455. The van der Waals surface area contributed by atoms with Gasteiger partial charge in [-0.25, -0.2) is 9.37 Å². The van der Waals surface area contributed by atoms with Crippen LogP contribution in [0.1, 0.15) is 13.3 Å². The lowest BCUT2D eigenvalue weighted by Gasteiger charge is -2.14. The highest BCUT2D eigenvalue weighted by molar-refractivity contribution is 5.94. The largest absolute Gasteiger partial charge is 0.309 e. The summed E-state index contributed by atoms with van der Waals surface area (Å²) in [6.45, 7) is 2.89. The summed E-state index contributed by atoms with van der Waals surface area (Å²) in [7, 11) is 0. The first-order valence-electron chi connectivity index (χ1n) is 5.32. The second-order valence-corrected chi connectivity index (χ2v) is 4.05. The molecule has 2 atom stereocenters. The van der Waals surface area contributed by atoms with Gasteiger partial charge >= 0.3 is 0 Å². The van der Waals surface area contributed by atoms with E-state index in [1.165, 1.54) is 12.1 Å². The topological polar surface area (TPSA) is 54.0 Å². The molecule has 1 aliphatic rings. The molecule has 86 valence electrons. The van der Waals surface area contributed by atoms with Gasteiger partial charge in [-0.3, -0.25) is 4.79 Å². The van der Waals surface area contributed by atoms with E-state index in [0.717, 1.165) is 19.2 Å². The Morgan fingerprint density at radius 2 is 2.44 bits per heavy atom. The van der Waals surface area contributed by atoms with Crippen LogP contribution < -0.4 is 10.6 Å². The summed E-state index contributed by atoms with van der Waals surface area (Å²) in [4.78, 5) is 15.6. The van der Waals surface area contributed by atoms with Crippen molar-refractivity contribution in [3.63, 3.8) is 0 Å². The molecule has 0 bridgehead atoms. The maximum Gasteiger partial charge on any atom is 0.242 e. The molecule has 1 saturated heterocycles. The Bertz CT molecular complexity index is 379. The molecule has 1 amide bonds. The Morgan fingerprint density at radius 1 is 1.62 bits per heavy atom. The van der Waals surface area contributed by atoms with Crippen molar-refractivity contribution in [1.29, 1.82) is 0 Å². The number of amides is 1. The average molecular weight is 223 g/mol. The average Bonchev–Trinajstić information content (AvgIpc) is 2.68. The van der Waals surface area contributed by atoms with E-state index >= 15 is 0 Å². The maximum atomic E-state index is 12.6. The van der Waals surface area contributed by atoms with Crippen molar-refractivity contribution < 1.29 is 9.18 Å². The van der Waals surface area contributed by atoms with Crippen LogP contribution in [0.25, 0.3) is 0 Å². The van der Waals surface area contributed by atoms with Crippen molar-refractivity contribution >= 4 is 11.7 Å². The van der Waals surface area contributed by atoms with Crippen LogP contribution in [0.15, 0.2) is 18.3 Å². The molecule has 0 spiro atoms. The first-order valence-corrected chi connectivity index (χ1v) is 5.32. The highest BCUT2D eigenvalue weighted by Crippen LogP contribution is 2.15. The van der Waals surface area contributed by atoms with Gasteiger partial charge in [-0.1, -0.05) is 6.92 Å². The number of aromatic nitrogens is 1. The second kappa shape index (κ2) is 4.57. The third kappa shape index (κ3) is 2.36. The summed E-state index contributed by atoms with van der Waals surface area (Å²) in [6.07, 6.45) is 2.08. The molecule has 0 saturated carbocycles. The number of nitrogens with one attached hydrogen (secondary N) is 2. The van der Waals surface area contributed by atoms with Crippen molar-refractivity contribution in [3.8, 4) is 0 Å². The molecule has 1 fully saturated rings. The molecule has 4 nitrogen and oxygen atoms in total. The van der Waals surface area contributed by atoms with Crippen molar-refractivity contribution in [2.24, 2.45) is 5.92 Å². The van der Waals surface area contributed by atoms with E-state index in [4.69, 9.17) is 0 Å². The van der Waals surface area contributed by atoms with Gasteiger partial charge in [0.1, 0.15) is 11.6 Å². The summed E-state index contributed by atoms with van der Waals surface area (Å²) in [5.41, 5.74) is 0. The number of hydrogen-bond acceptors (Lipinski definition) is 3. The molecule has 2 unspecified atom stereocenters. The van der Waals surface area contributed by atoms with Crippen molar-refractivity contribution in [2.45, 2.75) is 19.4 Å². The predicted molar refractivity (Wildman–Crippen MR) is 58.4 cm³/mol. The van der Waals surface area contributed by atoms with E-state index in [-0.39, 0.29) is 11.9 Å². The van der Waals surface area contributed by atoms with E-state index in [0.29, 0.717) is 11.7 Å². The summed E-state index contributed by atoms with van der Waals surface area (Å²) in [5, 5.41) is 5.79. The molecule has 2 rings (SSSR count). The van der Waals surface area contributed by atoms with Crippen LogP contribution in [-0.2, 0) is 4.79 Å². The zero-order valence-electron chi connectivity index (χ0n) is 9.03. The molecule has 1 aromatic rings. The van der Waals surface area contributed by atoms with Crippen LogP contribution in [0.5, 0.6) is 0 Å². The van der Waals surface area contributed by atoms with Gasteiger partial charge in [-0.15, -0.1) is 0 Å². The van der Waals surface area contributed by atoms with Crippen LogP contribution in [0.4, 0.5) is 10.2 Å². The van der Waals surface area contributed by atoms with E-state index in [9.17, 15) is 9.18 Å². The van der Waals surface area contributed by atoms with Crippen molar-refractivity contribution in [1.82, 2.24) is 10.3 Å². The maximum absolute atomic E-state index is 12.6. The number of pyridine rings is 1. The minimum Gasteiger partial charge on any atom is -0.309 e. The molecule has 0 radical (unpaired) electrons. The van der Waals surface area contributed by atoms with Crippen molar-refractivity contribution in [3.05, 3.63) is 24.1 Å². The van der Waals surface area contributed by atoms with Gasteiger partial charge < -0.3 is 10.6 Å². The highest BCUT2D eigenvalue weighted by atomic mass is 19.1. The molecular weight excluding hydrogens is 209 g/mol. The Morgan fingerprint density at radius 3 is 3.00 bits per heavy atom. The van der Waals surface area contributed by atoms with Gasteiger partial charge in [0.15, 0.2) is 0 Å². The molecular formula is C11H14FN3O. The Balaban J connectivity index is 1.99. The lowest BCUT2D eigenvalue weighted by Crippen LogP contribution is -2.39. The number of halogens is 1. The SMILES string of the molecule is CC1CCNC1C(=O)Nc1ccc(F)cn1. The minimum atomic E-state index is -0.412. The second-order valence-electron chi connectivity index (χ2n) is 4.05. The molecule has 0 aromatic carbocycles. The molecule has 1 aliphatic heterocycles. The molecule has 1 aromatic heterocycles.